The minimum absolute atomic E-state index is 0.243. The zero-order valence-electron chi connectivity index (χ0n) is 19.2. The molecule has 0 aromatic heterocycles. The first-order valence-corrected chi connectivity index (χ1v) is 11.3. The van der Waals surface area contributed by atoms with Crippen LogP contribution < -0.4 is 9.47 Å². The number of hydrogen-bond acceptors (Lipinski definition) is 4. The minimum atomic E-state index is 0.243. The number of aryl methyl sites for hydroxylation is 1. The molecule has 1 fully saturated rings. The molecular weight excluding hydrogens is 400 g/mol. The molecule has 1 heterocycles. The molecule has 168 valence electrons. The number of piperazine rings is 1. The molecule has 0 bridgehead atoms. The van der Waals surface area contributed by atoms with E-state index in [9.17, 15) is 4.79 Å². The third kappa shape index (κ3) is 5.05. The van der Waals surface area contributed by atoms with Crippen molar-refractivity contribution in [2.45, 2.75) is 25.8 Å². The summed E-state index contributed by atoms with van der Waals surface area (Å²) >= 11 is 0. The van der Waals surface area contributed by atoms with E-state index in [1.165, 1.54) is 21.9 Å². The molecule has 3 aromatic carbocycles. The summed E-state index contributed by atoms with van der Waals surface area (Å²) in [6.45, 7) is 5.63. The SMILES string of the molecule is COc1ccc(CCC(=O)N2CCN([C@H](C)c3ccc4cc(OC)ccc4c3)CC2)cc1. The summed E-state index contributed by atoms with van der Waals surface area (Å²) < 4.78 is 10.5. The van der Waals surface area contributed by atoms with E-state index in [0.29, 0.717) is 12.5 Å². The van der Waals surface area contributed by atoms with E-state index < -0.39 is 0 Å². The summed E-state index contributed by atoms with van der Waals surface area (Å²) in [6, 6.07) is 21.1. The highest BCUT2D eigenvalue weighted by Gasteiger charge is 2.24. The molecule has 0 N–H and O–H groups in total. The number of benzene rings is 3. The van der Waals surface area contributed by atoms with Crippen molar-refractivity contribution in [3.63, 3.8) is 0 Å². The second-order valence-corrected chi connectivity index (χ2v) is 8.41. The van der Waals surface area contributed by atoms with E-state index in [-0.39, 0.29) is 5.91 Å². The molecule has 0 saturated carbocycles. The Kier molecular flexibility index (Phi) is 6.96. The lowest BCUT2D eigenvalue weighted by molar-refractivity contribution is -0.133. The lowest BCUT2D eigenvalue weighted by atomic mass is 10.0. The van der Waals surface area contributed by atoms with E-state index in [0.717, 1.165) is 44.1 Å². The molecule has 1 amide bonds. The maximum atomic E-state index is 12.7. The van der Waals surface area contributed by atoms with Crippen LogP contribution in [0.3, 0.4) is 0 Å². The monoisotopic (exact) mass is 432 g/mol. The Morgan fingerprint density at radius 3 is 2.16 bits per heavy atom. The van der Waals surface area contributed by atoms with Crippen molar-refractivity contribution >= 4 is 16.7 Å². The summed E-state index contributed by atoms with van der Waals surface area (Å²) in [5, 5.41) is 2.41. The molecule has 32 heavy (non-hydrogen) atoms. The number of amides is 1. The lowest BCUT2D eigenvalue weighted by Gasteiger charge is -2.38. The van der Waals surface area contributed by atoms with Gasteiger partial charge in [-0.2, -0.15) is 0 Å². The Labute approximate surface area is 190 Å². The van der Waals surface area contributed by atoms with Gasteiger partial charge >= 0.3 is 0 Å². The van der Waals surface area contributed by atoms with Gasteiger partial charge < -0.3 is 14.4 Å². The molecule has 3 aromatic rings. The number of methoxy groups -OCH3 is 2. The topological polar surface area (TPSA) is 42.0 Å². The molecule has 1 aliphatic heterocycles. The summed E-state index contributed by atoms with van der Waals surface area (Å²) in [4.78, 5) is 17.2. The van der Waals surface area contributed by atoms with Crippen LogP contribution in [0.5, 0.6) is 11.5 Å². The molecule has 4 rings (SSSR count). The molecule has 1 saturated heterocycles. The van der Waals surface area contributed by atoms with Crippen LogP contribution >= 0.6 is 0 Å². The predicted molar refractivity (Wildman–Crippen MR) is 128 cm³/mol. The smallest absolute Gasteiger partial charge is 0.222 e. The molecular formula is C27H32N2O3. The van der Waals surface area contributed by atoms with Crippen LogP contribution in [0.2, 0.25) is 0 Å². The van der Waals surface area contributed by atoms with Gasteiger partial charge in [-0.3, -0.25) is 9.69 Å². The van der Waals surface area contributed by atoms with Crippen LogP contribution in [0.15, 0.2) is 60.7 Å². The van der Waals surface area contributed by atoms with Crippen LogP contribution in [0.1, 0.15) is 30.5 Å². The predicted octanol–water partition coefficient (Wildman–Crippen LogP) is 4.70. The van der Waals surface area contributed by atoms with E-state index >= 15 is 0 Å². The van der Waals surface area contributed by atoms with Crippen LogP contribution in [0.4, 0.5) is 0 Å². The average Bonchev–Trinajstić information content (AvgIpc) is 2.86. The van der Waals surface area contributed by atoms with Gasteiger partial charge in [-0.1, -0.05) is 30.3 Å². The molecule has 0 radical (unpaired) electrons. The largest absolute Gasteiger partial charge is 0.497 e. The number of rotatable bonds is 7. The number of ether oxygens (including phenoxy) is 2. The summed E-state index contributed by atoms with van der Waals surface area (Å²) in [7, 11) is 3.36. The Morgan fingerprint density at radius 2 is 1.47 bits per heavy atom. The van der Waals surface area contributed by atoms with Crippen molar-refractivity contribution < 1.29 is 14.3 Å². The first-order valence-electron chi connectivity index (χ1n) is 11.3. The highest BCUT2D eigenvalue weighted by atomic mass is 16.5. The van der Waals surface area contributed by atoms with Crippen molar-refractivity contribution in [1.82, 2.24) is 9.80 Å². The highest BCUT2D eigenvalue weighted by molar-refractivity contribution is 5.84. The standard InChI is InChI=1S/C27H32N2O3/c1-20(22-7-8-24-19-26(32-3)12-9-23(24)18-22)28-14-16-29(17-15-28)27(30)13-6-21-4-10-25(31-2)11-5-21/h4-5,7-12,18-20H,6,13-17H2,1-3H3/t20-/m1/s1. The number of hydrogen-bond donors (Lipinski definition) is 0. The second-order valence-electron chi connectivity index (χ2n) is 8.41. The first kappa shape index (κ1) is 22.2. The Morgan fingerprint density at radius 1 is 0.844 bits per heavy atom. The minimum Gasteiger partial charge on any atom is -0.497 e. The van der Waals surface area contributed by atoms with Crippen LogP contribution in [0, 0.1) is 0 Å². The van der Waals surface area contributed by atoms with Gasteiger partial charge in [0.15, 0.2) is 0 Å². The van der Waals surface area contributed by atoms with Crippen LogP contribution in [-0.4, -0.2) is 56.1 Å². The summed E-state index contributed by atoms with van der Waals surface area (Å²) in [6.07, 6.45) is 1.32. The second kappa shape index (κ2) is 10.0. The lowest BCUT2D eigenvalue weighted by Crippen LogP contribution is -2.49. The number of carbonyl (C=O) groups excluding carboxylic acids is 1. The van der Waals surface area contributed by atoms with Gasteiger partial charge in [0.1, 0.15) is 11.5 Å². The van der Waals surface area contributed by atoms with Gasteiger partial charge in [0.05, 0.1) is 14.2 Å². The van der Waals surface area contributed by atoms with Gasteiger partial charge in [0, 0.05) is 38.6 Å². The molecule has 5 nitrogen and oxygen atoms in total. The van der Waals surface area contributed by atoms with Crippen molar-refractivity contribution in [1.29, 1.82) is 0 Å². The number of carbonyl (C=O) groups is 1. The molecule has 0 unspecified atom stereocenters. The van der Waals surface area contributed by atoms with E-state index in [1.807, 2.05) is 35.2 Å². The Balaban J connectivity index is 1.30. The van der Waals surface area contributed by atoms with Gasteiger partial charge in [-0.15, -0.1) is 0 Å². The summed E-state index contributed by atoms with van der Waals surface area (Å²) in [5.41, 5.74) is 2.47. The van der Waals surface area contributed by atoms with Crippen LogP contribution in [0.25, 0.3) is 10.8 Å². The fraction of sp³-hybridized carbons (Fsp3) is 0.370. The molecule has 1 atom stereocenters. The van der Waals surface area contributed by atoms with E-state index in [4.69, 9.17) is 9.47 Å². The van der Waals surface area contributed by atoms with Crippen molar-refractivity contribution in [2.75, 3.05) is 40.4 Å². The van der Waals surface area contributed by atoms with Crippen molar-refractivity contribution in [2.24, 2.45) is 0 Å². The first-order chi connectivity index (χ1) is 15.6. The normalized spacial score (nSPS) is 15.5. The zero-order valence-corrected chi connectivity index (χ0v) is 19.2. The molecule has 0 aliphatic carbocycles. The maximum absolute atomic E-state index is 12.7. The average molecular weight is 433 g/mol. The number of fused-ring (bicyclic) bond motifs is 1. The van der Waals surface area contributed by atoms with Gasteiger partial charge in [0.2, 0.25) is 5.91 Å². The fourth-order valence-corrected chi connectivity index (χ4v) is 4.40. The number of nitrogens with zero attached hydrogens (tertiary/aromatic N) is 2. The maximum Gasteiger partial charge on any atom is 0.222 e. The van der Waals surface area contributed by atoms with Crippen molar-refractivity contribution in [3.8, 4) is 11.5 Å². The van der Waals surface area contributed by atoms with Crippen molar-refractivity contribution in [3.05, 3.63) is 71.8 Å². The molecule has 1 aliphatic rings. The van der Waals surface area contributed by atoms with Gasteiger partial charge in [-0.05, 0) is 65.6 Å². The Bertz CT molecular complexity index is 1060. The van der Waals surface area contributed by atoms with E-state index in [2.05, 4.69) is 42.2 Å². The fourth-order valence-electron chi connectivity index (χ4n) is 4.40. The van der Waals surface area contributed by atoms with Gasteiger partial charge in [0.25, 0.3) is 0 Å². The third-order valence-electron chi connectivity index (χ3n) is 6.56. The third-order valence-corrected chi connectivity index (χ3v) is 6.56. The highest BCUT2D eigenvalue weighted by Crippen LogP contribution is 2.27. The molecule has 0 spiro atoms. The quantitative estimate of drug-likeness (QED) is 0.543. The van der Waals surface area contributed by atoms with E-state index in [1.54, 1.807) is 14.2 Å². The zero-order chi connectivity index (χ0) is 22.5. The molecule has 5 heteroatoms. The van der Waals surface area contributed by atoms with Crippen LogP contribution in [-0.2, 0) is 11.2 Å². The summed E-state index contributed by atoms with van der Waals surface area (Å²) in [5.74, 6) is 1.97. The Hall–Kier alpha value is -3.05. The van der Waals surface area contributed by atoms with Gasteiger partial charge in [-0.25, -0.2) is 0 Å².